The number of ether oxygens (including phenoxy) is 1. The van der Waals surface area contributed by atoms with Gasteiger partial charge in [-0.05, 0) is 17.7 Å². The van der Waals surface area contributed by atoms with Crippen LogP contribution in [0.15, 0.2) is 24.3 Å². The first kappa shape index (κ1) is 16.0. The van der Waals surface area contributed by atoms with E-state index in [0.29, 0.717) is 19.7 Å². The molecule has 0 saturated carbocycles. The second-order valence-corrected chi connectivity index (χ2v) is 6.09. The van der Waals surface area contributed by atoms with Crippen LogP contribution in [0.2, 0.25) is 0 Å². The average molecular weight is 309 g/mol. The number of carbonyl (C=O) groups excluding carboxylic acids is 1. The number of benzene rings is 1. The van der Waals surface area contributed by atoms with Gasteiger partial charge in [0.05, 0.1) is 6.61 Å². The van der Waals surface area contributed by atoms with E-state index in [4.69, 9.17) is 4.74 Å². The normalized spacial score (nSPS) is 14.8. The molecule has 1 aromatic rings. The molecule has 0 spiro atoms. The predicted octanol–water partition coefficient (Wildman–Crippen LogP) is 1.69. The summed E-state index contributed by atoms with van der Waals surface area (Å²) >= 11 is 2.01. The number of amides is 2. The first-order valence-electron chi connectivity index (χ1n) is 7.22. The van der Waals surface area contributed by atoms with Gasteiger partial charge in [-0.15, -0.1) is 0 Å². The zero-order valence-corrected chi connectivity index (χ0v) is 13.2. The van der Waals surface area contributed by atoms with E-state index in [0.717, 1.165) is 18.7 Å². The van der Waals surface area contributed by atoms with E-state index in [9.17, 15) is 4.79 Å². The van der Waals surface area contributed by atoms with Crippen LogP contribution in [0, 0.1) is 0 Å². The van der Waals surface area contributed by atoms with Crippen LogP contribution in [-0.2, 0) is 11.3 Å². The molecular weight excluding hydrogens is 286 g/mol. The van der Waals surface area contributed by atoms with Gasteiger partial charge in [0.2, 0.25) is 0 Å². The van der Waals surface area contributed by atoms with Crippen LogP contribution in [0.4, 0.5) is 10.5 Å². The molecule has 0 unspecified atom stereocenters. The van der Waals surface area contributed by atoms with Gasteiger partial charge in [0.15, 0.2) is 0 Å². The first-order valence-corrected chi connectivity index (χ1v) is 8.37. The van der Waals surface area contributed by atoms with Crippen LogP contribution in [0.5, 0.6) is 0 Å². The number of urea groups is 1. The van der Waals surface area contributed by atoms with Crippen LogP contribution in [-0.4, -0.2) is 50.9 Å². The fraction of sp³-hybridized carbons (Fsp3) is 0.533. The Bertz CT molecular complexity index is 433. The predicted molar refractivity (Wildman–Crippen MR) is 88.1 cm³/mol. The highest BCUT2D eigenvalue weighted by atomic mass is 32.2. The SMILES string of the molecule is COCCNC(=O)NCc1ccc(N2CCSCC2)cc1. The number of anilines is 1. The zero-order valence-electron chi connectivity index (χ0n) is 12.4. The number of hydrogen-bond acceptors (Lipinski definition) is 4. The number of nitrogens with one attached hydrogen (secondary N) is 2. The molecule has 0 aromatic heterocycles. The summed E-state index contributed by atoms with van der Waals surface area (Å²) < 4.78 is 4.88. The second kappa shape index (κ2) is 8.79. The molecule has 1 fully saturated rings. The average Bonchev–Trinajstić information content (AvgIpc) is 2.54. The molecule has 0 radical (unpaired) electrons. The third-order valence-corrected chi connectivity index (χ3v) is 4.30. The van der Waals surface area contributed by atoms with Gasteiger partial charge in [-0.2, -0.15) is 11.8 Å². The van der Waals surface area contributed by atoms with Gasteiger partial charge in [-0.3, -0.25) is 0 Å². The summed E-state index contributed by atoms with van der Waals surface area (Å²) in [5.74, 6) is 2.40. The van der Waals surface area contributed by atoms with Crippen molar-refractivity contribution in [2.24, 2.45) is 0 Å². The van der Waals surface area contributed by atoms with Gasteiger partial charge in [0.1, 0.15) is 0 Å². The molecule has 2 N–H and O–H groups in total. The van der Waals surface area contributed by atoms with Gasteiger partial charge in [0, 0.05) is 50.5 Å². The zero-order chi connectivity index (χ0) is 14.9. The highest BCUT2D eigenvalue weighted by Crippen LogP contribution is 2.19. The van der Waals surface area contributed by atoms with Gasteiger partial charge in [-0.25, -0.2) is 4.79 Å². The van der Waals surface area contributed by atoms with Crippen molar-refractivity contribution in [2.75, 3.05) is 49.8 Å². The quantitative estimate of drug-likeness (QED) is 0.785. The van der Waals surface area contributed by atoms with Crippen molar-refractivity contribution in [3.05, 3.63) is 29.8 Å². The Labute approximate surface area is 130 Å². The summed E-state index contributed by atoms with van der Waals surface area (Å²) in [5.41, 5.74) is 2.37. The largest absolute Gasteiger partial charge is 0.383 e. The fourth-order valence-corrected chi connectivity index (χ4v) is 3.06. The molecular formula is C15H23N3O2S. The summed E-state index contributed by atoms with van der Waals surface area (Å²) in [7, 11) is 1.61. The van der Waals surface area contributed by atoms with Crippen molar-refractivity contribution >= 4 is 23.5 Å². The Morgan fingerprint density at radius 3 is 2.62 bits per heavy atom. The first-order chi connectivity index (χ1) is 10.3. The number of methoxy groups -OCH3 is 1. The molecule has 0 atom stereocenters. The summed E-state index contributed by atoms with van der Waals surface area (Å²) in [6, 6.07) is 8.26. The van der Waals surface area contributed by atoms with Crippen LogP contribution in [0.25, 0.3) is 0 Å². The maximum atomic E-state index is 11.5. The van der Waals surface area contributed by atoms with E-state index >= 15 is 0 Å². The van der Waals surface area contributed by atoms with E-state index in [1.165, 1.54) is 17.2 Å². The third-order valence-electron chi connectivity index (χ3n) is 3.36. The van der Waals surface area contributed by atoms with Crippen molar-refractivity contribution in [2.45, 2.75) is 6.54 Å². The standard InChI is InChI=1S/C15H23N3O2S/c1-20-9-6-16-15(19)17-12-13-2-4-14(5-3-13)18-7-10-21-11-8-18/h2-5H,6-12H2,1H3,(H2,16,17,19). The molecule has 1 saturated heterocycles. The lowest BCUT2D eigenvalue weighted by Gasteiger charge is -2.28. The molecule has 5 nitrogen and oxygen atoms in total. The topological polar surface area (TPSA) is 53.6 Å². The summed E-state index contributed by atoms with van der Waals surface area (Å²) in [6.45, 7) is 3.81. The molecule has 2 amide bonds. The van der Waals surface area contributed by atoms with Gasteiger partial charge < -0.3 is 20.3 Å². The van der Waals surface area contributed by atoms with Gasteiger partial charge in [-0.1, -0.05) is 12.1 Å². The molecule has 1 aromatic carbocycles. The van der Waals surface area contributed by atoms with Crippen LogP contribution >= 0.6 is 11.8 Å². The molecule has 1 aliphatic heterocycles. The minimum atomic E-state index is -0.163. The van der Waals surface area contributed by atoms with E-state index in [1.807, 2.05) is 11.8 Å². The molecule has 0 bridgehead atoms. The number of hydrogen-bond donors (Lipinski definition) is 2. The minimum Gasteiger partial charge on any atom is -0.383 e. The lowest BCUT2D eigenvalue weighted by atomic mass is 10.2. The number of thioether (sulfide) groups is 1. The lowest BCUT2D eigenvalue weighted by molar-refractivity contribution is 0.196. The second-order valence-electron chi connectivity index (χ2n) is 4.87. The van der Waals surface area contributed by atoms with E-state index in [-0.39, 0.29) is 6.03 Å². The minimum absolute atomic E-state index is 0.163. The lowest BCUT2D eigenvalue weighted by Crippen LogP contribution is -2.36. The Hall–Kier alpha value is -1.40. The maximum Gasteiger partial charge on any atom is 0.315 e. The molecule has 2 rings (SSSR count). The highest BCUT2D eigenvalue weighted by molar-refractivity contribution is 7.99. The van der Waals surface area contributed by atoms with Crippen LogP contribution < -0.4 is 15.5 Å². The van der Waals surface area contributed by atoms with Crippen molar-refractivity contribution in [3.8, 4) is 0 Å². The smallest absolute Gasteiger partial charge is 0.315 e. The number of nitrogens with zero attached hydrogens (tertiary/aromatic N) is 1. The van der Waals surface area contributed by atoms with Crippen molar-refractivity contribution in [3.63, 3.8) is 0 Å². The third kappa shape index (κ3) is 5.47. The van der Waals surface area contributed by atoms with Crippen LogP contribution in [0.3, 0.4) is 0 Å². The molecule has 1 aliphatic rings. The van der Waals surface area contributed by atoms with Crippen LogP contribution in [0.1, 0.15) is 5.56 Å². The molecule has 116 valence electrons. The van der Waals surface area contributed by atoms with Gasteiger partial charge in [0.25, 0.3) is 0 Å². The number of carbonyl (C=O) groups is 1. The van der Waals surface area contributed by atoms with Crippen molar-refractivity contribution in [1.82, 2.24) is 10.6 Å². The van der Waals surface area contributed by atoms with Gasteiger partial charge >= 0.3 is 6.03 Å². The van der Waals surface area contributed by atoms with E-state index < -0.39 is 0 Å². The molecule has 1 heterocycles. The molecule has 21 heavy (non-hydrogen) atoms. The summed E-state index contributed by atoms with van der Waals surface area (Å²) in [6.07, 6.45) is 0. The van der Waals surface area contributed by atoms with E-state index in [1.54, 1.807) is 7.11 Å². The Morgan fingerprint density at radius 1 is 1.24 bits per heavy atom. The summed E-state index contributed by atoms with van der Waals surface area (Å²) in [4.78, 5) is 13.9. The summed E-state index contributed by atoms with van der Waals surface area (Å²) in [5, 5.41) is 5.57. The fourth-order valence-electron chi connectivity index (χ4n) is 2.16. The number of rotatable bonds is 6. The van der Waals surface area contributed by atoms with Crippen molar-refractivity contribution in [1.29, 1.82) is 0 Å². The molecule has 0 aliphatic carbocycles. The molecule has 6 heteroatoms. The Morgan fingerprint density at radius 2 is 1.95 bits per heavy atom. The van der Waals surface area contributed by atoms with Crippen molar-refractivity contribution < 1.29 is 9.53 Å². The highest BCUT2D eigenvalue weighted by Gasteiger charge is 2.10. The Balaban J connectivity index is 1.75. The Kier molecular flexibility index (Phi) is 6.69. The van der Waals surface area contributed by atoms with E-state index in [2.05, 4.69) is 39.8 Å². The monoisotopic (exact) mass is 309 g/mol. The maximum absolute atomic E-state index is 11.5.